The molecule has 5 aliphatic rings. The maximum Gasteiger partial charge on any atom is 0.323 e. The van der Waals surface area contributed by atoms with Crippen LogP contribution in [0, 0.1) is 35.5 Å². The van der Waals surface area contributed by atoms with Crippen LogP contribution in [0.3, 0.4) is 0 Å². The molecule has 1 aliphatic heterocycles. The van der Waals surface area contributed by atoms with Gasteiger partial charge in [-0.3, -0.25) is 14.4 Å². The molecule has 0 aromatic rings. The normalized spacial score (nSPS) is 46.1. The standard InChI is InChI=1S/C24H34INO6/c1-5-24(10-12-6-7-13(24)8-12)32-21(28)17-15-9-14-16(17)20(27)30-18(14)19(15)31-22(29)23(3,25)11(2)26-4/h11-19,26H,5-10H2,1-4H3. The lowest BCUT2D eigenvalue weighted by Gasteiger charge is -2.39. The van der Waals surface area contributed by atoms with Gasteiger partial charge in [-0.15, -0.1) is 0 Å². The van der Waals surface area contributed by atoms with E-state index in [2.05, 4.69) is 34.8 Å². The number of carbonyl (C=O) groups excluding carboxylic acids is 3. The summed E-state index contributed by atoms with van der Waals surface area (Å²) in [7, 11) is 1.81. The monoisotopic (exact) mass is 559 g/mol. The zero-order valence-electron chi connectivity index (χ0n) is 19.3. The van der Waals surface area contributed by atoms with E-state index < -0.39 is 27.5 Å². The van der Waals surface area contributed by atoms with Gasteiger partial charge in [-0.25, -0.2) is 0 Å². The number of nitrogens with one attached hydrogen (secondary N) is 1. The van der Waals surface area contributed by atoms with Gasteiger partial charge in [0.1, 0.15) is 21.2 Å². The summed E-state index contributed by atoms with van der Waals surface area (Å²) in [5.41, 5.74) is -0.390. The van der Waals surface area contributed by atoms with Crippen molar-refractivity contribution in [2.45, 2.75) is 86.6 Å². The first-order valence-corrected chi connectivity index (χ1v) is 13.2. The molecule has 0 amide bonds. The molecule has 5 fully saturated rings. The fraction of sp³-hybridized carbons (Fsp3) is 0.875. The van der Waals surface area contributed by atoms with Crippen molar-refractivity contribution in [3.05, 3.63) is 0 Å². The van der Waals surface area contributed by atoms with Crippen LogP contribution in [-0.2, 0) is 28.6 Å². The van der Waals surface area contributed by atoms with E-state index in [1.807, 2.05) is 13.8 Å². The Labute approximate surface area is 203 Å². The maximum absolute atomic E-state index is 13.6. The Morgan fingerprint density at radius 1 is 1.31 bits per heavy atom. The van der Waals surface area contributed by atoms with Crippen LogP contribution in [0.4, 0.5) is 0 Å². The maximum atomic E-state index is 13.6. The fourth-order valence-electron chi connectivity index (χ4n) is 7.45. The van der Waals surface area contributed by atoms with Crippen LogP contribution in [0.2, 0.25) is 0 Å². The lowest BCUT2D eigenvalue weighted by Crippen LogP contribution is -2.51. The molecule has 11 unspecified atom stereocenters. The minimum absolute atomic E-state index is 0.0670. The van der Waals surface area contributed by atoms with Crippen molar-refractivity contribution < 1.29 is 28.6 Å². The second kappa shape index (κ2) is 7.82. The van der Waals surface area contributed by atoms with Gasteiger partial charge in [-0.1, -0.05) is 29.5 Å². The van der Waals surface area contributed by atoms with E-state index in [4.69, 9.17) is 14.2 Å². The summed E-state index contributed by atoms with van der Waals surface area (Å²) in [6, 6.07) is -0.101. The first kappa shape index (κ1) is 22.9. The van der Waals surface area contributed by atoms with Gasteiger partial charge in [0.25, 0.3) is 0 Å². The van der Waals surface area contributed by atoms with E-state index in [-0.39, 0.29) is 41.4 Å². The fourth-order valence-corrected chi connectivity index (χ4v) is 7.89. The number of fused-ring (bicyclic) bond motifs is 3. The molecule has 178 valence electrons. The molecular formula is C24H34INO6. The van der Waals surface area contributed by atoms with Crippen LogP contribution >= 0.6 is 22.6 Å². The number of carbonyl (C=O) groups is 3. The summed E-state index contributed by atoms with van der Waals surface area (Å²) in [5, 5.41) is 3.11. The van der Waals surface area contributed by atoms with Crippen molar-refractivity contribution in [3.8, 4) is 0 Å². The number of alkyl halides is 1. The Kier molecular flexibility index (Phi) is 5.59. The van der Waals surface area contributed by atoms with E-state index in [1.165, 1.54) is 6.42 Å². The van der Waals surface area contributed by atoms with E-state index in [0.717, 1.165) is 25.7 Å². The second-order valence-corrected chi connectivity index (χ2v) is 13.1. The number of hydrogen-bond donors (Lipinski definition) is 1. The molecule has 7 nitrogen and oxygen atoms in total. The van der Waals surface area contributed by atoms with E-state index in [1.54, 1.807) is 7.05 Å². The molecule has 1 saturated heterocycles. The van der Waals surface area contributed by atoms with Gasteiger partial charge in [0.15, 0.2) is 0 Å². The van der Waals surface area contributed by atoms with Crippen LogP contribution in [0.25, 0.3) is 0 Å². The molecule has 4 saturated carbocycles. The second-order valence-electron chi connectivity index (χ2n) is 10.9. The van der Waals surface area contributed by atoms with Gasteiger partial charge in [0.05, 0.1) is 11.8 Å². The number of ether oxygens (including phenoxy) is 3. The summed E-state index contributed by atoms with van der Waals surface area (Å²) in [6.45, 7) is 5.86. The summed E-state index contributed by atoms with van der Waals surface area (Å²) < 4.78 is 17.2. The predicted octanol–water partition coefficient (Wildman–Crippen LogP) is 3.02. The van der Waals surface area contributed by atoms with Crippen molar-refractivity contribution in [1.82, 2.24) is 5.32 Å². The number of rotatable bonds is 7. The molecule has 5 rings (SSSR count). The summed E-state index contributed by atoms with van der Waals surface area (Å²) >= 11 is 2.11. The summed E-state index contributed by atoms with van der Waals surface area (Å²) in [5.74, 6) is -1.20. The topological polar surface area (TPSA) is 90.9 Å². The lowest BCUT2D eigenvalue weighted by molar-refractivity contribution is -0.180. The van der Waals surface area contributed by atoms with Gasteiger partial charge < -0.3 is 19.5 Å². The highest BCUT2D eigenvalue weighted by atomic mass is 127. The third kappa shape index (κ3) is 3.17. The number of hydrogen-bond acceptors (Lipinski definition) is 7. The van der Waals surface area contributed by atoms with Crippen molar-refractivity contribution in [2.75, 3.05) is 7.05 Å². The molecule has 0 aromatic heterocycles. The molecule has 0 spiro atoms. The minimum atomic E-state index is -0.776. The van der Waals surface area contributed by atoms with Crippen LogP contribution in [0.15, 0.2) is 0 Å². The zero-order valence-corrected chi connectivity index (χ0v) is 21.4. The predicted molar refractivity (Wildman–Crippen MR) is 124 cm³/mol. The molecule has 0 radical (unpaired) electrons. The largest absolute Gasteiger partial charge is 0.459 e. The van der Waals surface area contributed by atoms with E-state index >= 15 is 0 Å². The highest BCUT2D eigenvalue weighted by Gasteiger charge is 2.71. The third-order valence-electron chi connectivity index (χ3n) is 9.53. The zero-order chi connectivity index (χ0) is 23.0. The van der Waals surface area contributed by atoms with Gasteiger partial charge in [-0.05, 0) is 71.3 Å². The lowest BCUT2D eigenvalue weighted by atomic mass is 9.77. The first-order chi connectivity index (χ1) is 15.1. The van der Waals surface area contributed by atoms with Crippen molar-refractivity contribution in [2.24, 2.45) is 35.5 Å². The van der Waals surface area contributed by atoms with E-state index in [0.29, 0.717) is 18.3 Å². The quantitative estimate of drug-likeness (QED) is 0.222. The first-order valence-electron chi connectivity index (χ1n) is 12.1. The molecule has 11 atom stereocenters. The average Bonchev–Trinajstić information content (AvgIpc) is 3.54. The molecule has 1 N–H and O–H groups in total. The molecule has 0 aromatic carbocycles. The van der Waals surface area contributed by atoms with E-state index in [9.17, 15) is 14.4 Å². The number of halogens is 1. The molecule has 4 aliphatic carbocycles. The SMILES string of the molecule is CCC1(OC(=O)C2C3CC4C(OC(=O)C42)C3OC(=O)C(C)(I)C(C)NC)CC2CCC1C2. The highest BCUT2D eigenvalue weighted by molar-refractivity contribution is 14.1. The summed E-state index contributed by atoms with van der Waals surface area (Å²) in [4.78, 5) is 39.4. The van der Waals surface area contributed by atoms with Gasteiger partial charge in [0.2, 0.25) is 0 Å². The average molecular weight is 559 g/mol. The van der Waals surface area contributed by atoms with Crippen LogP contribution in [-0.4, -0.2) is 52.2 Å². The molecule has 8 heteroatoms. The Morgan fingerprint density at radius 3 is 2.66 bits per heavy atom. The molecule has 32 heavy (non-hydrogen) atoms. The third-order valence-corrected chi connectivity index (χ3v) is 10.9. The Balaban J connectivity index is 1.36. The van der Waals surface area contributed by atoms with Crippen LogP contribution in [0.1, 0.15) is 59.3 Å². The molecule has 4 bridgehead atoms. The van der Waals surface area contributed by atoms with Gasteiger partial charge >= 0.3 is 17.9 Å². The van der Waals surface area contributed by atoms with Crippen molar-refractivity contribution in [1.29, 1.82) is 0 Å². The van der Waals surface area contributed by atoms with Crippen LogP contribution < -0.4 is 5.32 Å². The van der Waals surface area contributed by atoms with Crippen molar-refractivity contribution >= 4 is 40.5 Å². The summed E-state index contributed by atoms with van der Waals surface area (Å²) in [6.07, 6.45) is 4.89. The Morgan fingerprint density at radius 2 is 2.06 bits per heavy atom. The minimum Gasteiger partial charge on any atom is -0.459 e. The number of esters is 3. The van der Waals surface area contributed by atoms with Crippen molar-refractivity contribution in [3.63, 3.8) is 0 Å². The van der Waals surface area contributed by atoms with Gasteiger partial charge in [0, 0.05) is 17.9 Å². The molecule has 1 heterocycles. The van der Waals surface area contributed by atoms with Gasteiger partial charge in [-0.2, -0.15) is 0 Å². The molecular weight excluding hydrogens is 525 g/mol. The highest BCUT2D eigenvalue weighted by Crippen LogP contribution is 2.60. The smallest absolute Gasteiger partial charge is 0.323 e. The Bertz CT molecular complexity index is 831. The Hall–Kier alpha value is -0.900. The van der Waals surface area contributed by atoms with Crippen LogP contribution in [0.5, 0.6) is 0 Å².